The molecule has 0 unspecified atom stereocenters. The zero-order chi connectivity index (χ0) is 9.56. The van der Waals surface area contributed by atoms with Gasteiger partial charge in [0.25, 0.3) is 0 Å². The Morgan fingerprint density at radius 1 is 1.25 bits per heavy atom. The monoisotopic (exact) mass is 167 g/mol. The van der Waals surface area contributed by atoms with Gasteiger partial charge in [-0.15, -0.1) is 0 Å². The van der Waals surface area contributed by atoms with Gasteiger partial charge in [-0.2, -0.15) is 0 Å². The second kappa shape index (κ2) is 5.72. The molecule has 0 saturated heterocycles. The fraction of sp³-hybridized carbons (Fsp3) is 0.500. The van der Waals surface area contributed by atoms with E-state index in [0.29, 0.717) is 0 Å². The number of aliphatic hydroxyl groups excluding tert-OH is 1. The largest absolute Gasteiger partial charge is 0.392 e. The Kier molecular flexibility index (Phi) is 5.30. The van der Waals surface area contributed by atoms with Crippen LogP contribution in [0.15, 0.2) is 12.1 Å². The first-order valence-electron chi connectivity index (χ1n) is 4.28. The summed E-state index contributed by atoms with van der Waals surface area (Å²) in [5.74, 6) is 0. The average molecular weight is 167 g/mol. The van der Waals surface area contributed by atoms with E-state index in [4.69, 9.17) is 5.11 Å². The Hall–Kier alpha value is -0.890. The first kappa shape index (κ1) is 11.1. The number of hydrogen-bond acceptors (Lipinski definition) is 2. The SMILES string of the molecule is CC.Cc1ccc(CO)c(C)n1. The van der Waals surface area contributed by atoms with Crippen LogP contribution in [0.4, 0.5) is 0 Å². The minimum Gasteiger partial charge on any atom is -0.392 e. The summed E-state index contributed by atoms with van der Waals surface area (Å²) >= 11 is 0. The van der Waals surface area contributed by atoms with Crippen molar-refractivity contribution in [2.45, 2.75) is 34.3 Å². The van der Waals surface area contributed by atoms with E-state index in [0.717, 1.165) is 17.0 Å². The molecule has 0 aliphatic carbocycles. The minimum absolute atomic E-state index is 0.0825. The van der Waals surface area contributed by atoms with Crippen molar-refractivity contribution in [3.63, 3.8) is 0 Å². The third-order valence-corrected chi connectivity index (χ3v) is 1.50. The summed E-state index contributed by atoms with van der Waals surface area (Å²) in [6.07, 6.45) is 0. The molecule has 0 aromatic carbocycles. The number of rotatable bonds is 1. The van der Waals surface area contributed by atoms with Crippen LogP contribution in [0.2, 0.25) is 0 Å². The third-order valence-electron chi connectivity index (χ3n) is 1.50. The van der Waals surface area contributed by atoms with Crippen LogP contribution in [0.5, 0.6) is 0 Å². The maximum atomic E-state index is 8.77. The van der Waals surface area contributed by atoms with Crippen LogP contribution in [0.3, 0.4) is 0 Å². The van der Waals surface area contributed by atoms with Crippen molar-refractivity contribution < 1.29 is 5.11 Å². The maximum absolute atomic E-state index is 8.77. The van der Waals surface area contributed by atoms with Gasteiger partial charge in [0.1, 0.15) is 0 Å². The lowest BCUT2D eigenvalue weighted by Gasteiger charge is -2.00. The van der Waals surface area contributed by atoms with Crippen LogP contribution in [-0.2, 0) is 6.61 Å². The van der Waals surface area contributed by atoms with Crippen LogP contribution >= 0.6 is 0 Å². The van der Waals surface area contributed by atoms with Gasteiger partial charge in [-0.1, -0.05) is 19.9 Å². The molecule has 0 fully saturated rings. The van der Waals surface area contributed by atoms with E-state index in [1.807, 2.05) is 39.8 Å². The van der Waals surface area contributed by atoms with Crippen LogP contribution in [0.25, 0.3) is 0 Å². The molecule has 0 amide bonds. The highest BCUT2D eigenvalue weighted by Gasteiger charge is 1.95. The summed E-state index contributed by atoms with van der Waals surface area (Å²) in [5, 5.41) is 8.77. The number of aryl methyl sites for hydroxylation is 2. The maximum Gasteiger partial charge on any atom is 0.0699 e. The van der Waals surface area contributed by atoms with E-state index in [9.17, 15) is 0 Å². The van der Waals surface area contributed by atoms with Crippen molar-refractivity contribution in [3.8, 4) is 0 Å². The zero-order valence-electron chi connectivity index (χ0n) is 8.26. The molecule has 0 saturated carbocycles. The van der Waals surface area contributed by atoms with E-state index in [1.54, 1.807) is 0 Å². The van der Waals surface area contributed by atoms with Gasteiger partial charge in [-0.05, 0) is 25.5 Å². The number of nitrogens with zero attached hydrogens (tertiary/aromatic N) is 1. The van der Waals surface area contributed by atoms with Gasteiger partial charge in [-0.25, -0.2) is 0 Å². The van der Waals surface area contributed by atoms with E-state index >= 15 is 0 Å². The zero-order valence-corrected chi connectivity index (χ0v) is 8.26. The molecule has 0 atom stereocenters. The van der Waals surface area contributed by atoms with Crippen molar-refractivity contribution >= 4 is 0 Å². The molecule has 1 aromatic heterocycles. The van der Waals surface area contributed by atoms with Crippen LogP contribution in [0.1, 0.15) is 30.8 Å². The van der Waals surface area contributed by atoms with Gasteiger partial charge in [-0.3, -0.25) is 4.98 Å². The summed E-state index contributed by atoms with van der Waals surface area (Å²) in [4.78, 5) is 4.18. The Morgan fingerprint density at radius 3 is 2.25 bits per heavy atom. The van der Waals surface area contributed by atoms with Gasteiger partial charge in [0.2, 0.25) is 0 Å². The topological polar surface area (TPSA) is 33.1 Å². The number of aromatic nitrogens is 1. The molecular formula is C10H17NO. The second-order valence-corrected chi connectivity index (χ2v) is 2.36. The molecular weight excluding hydrogens is 150 g/mol. The highest BCUT2D eigenvalue weighted by atomic mass is 16.3. The molecule has 68 valence electrons. The fourth-order valence-electron chi connectivity index (χ4n) is 0.883. The lowest BCUT2D eigenvalue weighted by atomic mass is 10.2. The Labute approximate surface area is 74.3 Å². The van der Waals surface area contributed by atoms with Gasteiger partial charge in [0.15, 0.2) is 0 Å². The molecule has 1 aromatic rings. The molecule has 2 heteroatoms. The Morgan fingerprint density at radius 2 is 1.83 bits per heavy atom. The first-order valence-corrected chi connectivity index (χ1v) is 4.28. The molecule has 1 rings (SSSR count). The van der Waals surface area contributed by atoms with Crippen LogP contribution < -0.4 is 0 Å². The number of hydrogen-bond donors (Lipinski definition) is 1. The quantitative estimate of drug-likeness (QED) is 0.695. The van der Waals surface area contributed by atoms with Crippen LogP contribution in [-0.4, -0.2) is 10.1 Å². The predicted octanol–water partition coefficient (Wildman–Crippen LogP) is 2.22. The predicted molar refractivity (Wildman–Crippen MR) is 51.0 cm³/mol. The lowest BCUT2D eigenvalue weighted by Crippen LogP contribution is -1.93. The second-order valence-electron chi connectivity index (χ2n) is 2.36. The molecule has 2 nitrogen and oxygen atoms in total. The summed E-state index contributed by atoms with van der Waals surface area (Å²) in [5.41, 5.74) is 2.82. The van der Waals surface area contributed by atoms with E-state index in [2.05, 4.69) is 4.98 Å². The normalized spacial score (nSPS) is 8.75. The number of pyridine rings is 1. The van der Waals surface area contributed by atoms with Crippen molar-refractivity contribution in [2.24, 2.45) is 0 Å². The molecule has 0 aliphatic rings. The molecule has 0 aliphatic heterocycles. The number of aliphatic hydroxyl groups is 1. The standard InChI is InChI=1S/C8H11NO.C2H6/c1-6-3-4-8(5-10)7(2)9-6;1-2/h3-4,10H,5H2,1-2H3;1-2H3. The highest BCUT2D eigenvalue weighted by Crippen LogP contribution is 2.04. The Balaban J connectivity index is 0.000000561. The fourth-order valence-corrected chi connectivity index (χ4v) is 0.883. The molecule has 0 radical (unpaired) electrons. The van der Waals surface area contributed by atoms with E-state index in [-0.39, 0.29) is 6.61 Å². The van der Waals surface area contributed by atoms with Crippen molar-refractivity contribution in [1.82, 2.24) is 4.98 Å². The first-order chi connectivity index (χ1) is 5.74. The van der Waals surface area contributed by atoms with Gasteiger partial charge < -0.3 is 5.11 Å². The summed E-state index contributed by atoms with van der Waals surface area (Å²) in [6, 6.07) is 3.80. The van der Waals surface area contributed by atoms with Crippen molar-refractivity contribution in [3.05, 3.63) is 29.1 Å². The Bertz CT molecular complexity index is 233. The van der Waals surface area contributed by atoms with Gasteiger partial charge in [0, 0.05) is 11.4 Å². The third kappa shape index (κ3) is 3.01. The van der Waals surface area contributed by atoms with Gasteiger partial charge >= 0.3 is 0 Å². The van der Waals surface area contributed by atoms with Crippen molar-refractivity contribution in [2.75, 3.05) is 0 Å². The summed E-state index contributed by atoms with van der Waals surface area (Å²) < 4.78 is 0. The van der Waals surface area contributed by atoms with E-state index < -0.39 is 0 Å². The molecule has 12 heavy (non-hydrogen) atoms. The lowest BCUT2D eigenvalue weighted by molar-refractivity contribution is 0.280. The highest BCUT2D eigenvalue weighted by molar-refractivity contribution is 5.20. The molecule has 1 N–H and O–H groups in total. The van der Waals surface area contributed by atoms with Crippen molar-refractivity contribution in [1.29, 1.82) is 0 Å². The molecule has 0 spiro atoms. The van der Waals surface area contributed by atoms with E-state index in [1.165, 1.54) is 0 Å². The van der Waals surface area contributed by atoms with Gasteiger partial charge in [0.05, 0.1) is 6.61 Å². The minimum atomic E-state index is 0.0825. The molecule has 1 heterocycles. The van der Waals surface area contributed by atoms with Crippen LogP contribution in [0, 0.1) is 13.8 Å². The molecule has 0 bridgehead atoms. The summed E-state index contributed by atoms with van der Waals surface area (Å²) in [6.45, 7) is 7.92. The summed E-state index contributed by atoms with van der Waals surface area (Å²) in [7, 11) is 0. The average Bonchev–Trinajstić information content (AvgIpc) is 2.08. The smallest absolute Gasteiger partial charge is 0.0699 e.